The van der Waals surface area contributed by atoms with E-state index in [1.807, 2.05) is 6.07 Å². The minimum absolute atomic E-state index is 0.130. The SMILES string of the molecule is O=c1ccc2ncc(F)cc2n1CCN1CCC(NCc2cc3c(cn2)OCCCO3)CC1. The second-order valence-electron chi connectivity index (χ2n) is 8.55. The molecule has 0 bridgehead atoms. The molecule has 0 saturated carbocycles. The summed E-state index contributed by atoms with van der Waals surface area (Å²) >= 11 is 0. The normalized spacial score (nSPS) is 17.2. The zero-order valence-electron chi connectivity index (χ0n) is 18.5. The number of ether oxygens (including phenoxy) is 2. The first kappa shape index (κ1) is 21.8. The van der Waals surface area contributed by atoms with Gasteiger partial charge in [-0.1, -0.05) is 0 Å². The van der Waals surface area contributed by atoms with Crippen LogP contribution in [0.3, 0.4) is 0 Å². The molecule has 9 heteroatoms. The lowest BCUT2D eigenvalue weighted by molar-refractivity contribution is 0.191. The third-order valence-electron chi connectivity index (χ3n) is 6.30. The molecule has 0 unspecified atom stereocenters. The molecule has 0 amide bonds. The Morgan fingerprint density at radius 3 is 2.70 bits per heavy atom. The van der Waals surface area contributed by atoms with Crippen LogP contribution in [0.5, 0.6) is 11.5 Å². The van der Waals surface area contributed by atoms with Gasteiger partial charge in [0.15, 0.2) is 11.5 Å². The van der Waals surface area contributed by atoms with Gasteiger partial charge in [-0.05, 0) is 32.0 Å². The third-order valence-corrected chi connectivity index (χ3v) is 6.30. The Balaban J connectivity index is 1.12. The molecule has 1 N–H and O–H groups in total. The van der Waals surface area contributed by atoms with Gasteiger partial charge in [-0.15, -0.1) is 0 Å². The zero-order chi connectivity index (χ0) is 22.6. The molecule has 2 aliphatic heterocycles. The lowest BCUT2D eigenvalue weighted by Gasteiger charge is -2.32. The fourth-order valence-electron chi connectivity index (χ4n) is 4.43. The van der Waals surface area contributed by atoms with E-state index >= 15 is 0 Å². The highest BCUT2D eigenvalue weighted by molar-refractivity contribution is 5.74. The molecule has 5 rings (SSSR count). The van der Waals surface area contributed by atoms with Crippen LogP contribution in [0, 0.1) is 5.82 Å². The maximum Gasteiger partial charge on any atom is 0.251 e. The summed E-state index contributed by atoms with van der Waals surface area (Å²) in [5.74, 6) is 1.05. The van der Waals surface area contributed by atoms with Gasteiger partial charge >= 0.3 is 0 Å². The van der Waals surface area contributed by atoms with Crippen LogP contribution in [0.4, 0.5) is 4.39 Å². The van der Waals surface area contributed by atoms with Crippen molar-refractivity contribution in [2.24, 2.45) is 0 Å². The van der Waals surface area contributed by atoms with Crippen molar-refractivity contribution in [3.05, 3.63) is 58.5 Å². The van der Waals surface area contributed by atoms with Gasteiger partial charge in [0.25, 0.3) is 5.56 Å². The average molecular weight is 454 g/mol. The molecule has 5 heterocycles. The van der Waals surface area contributed by atoms with E-state index < -0.39 is 5.82 Å². The van der Waals surface area contributed by atoms with E-state index in [-0.39, 0.29) is 5.56 Å². The summed E-state index contributed by atoms with van der Waals surface area (Å²) < 4.78 is 26.7. The van der Waals surface area contributed by atoms with Gasteiger partial charge in [-0.25, -0.2) is 4.39 Å². The number of likely N-dealkylation sites (tertiary alicyclic amines) is 1. The Labute approximate surface area is 191 Å². The van der Waals surface area contributed by atoms with E-state index in [1.165, 1.54) is 18.3 Å². The number of halogens is 1. The van der Waals surface area contributed by atoms with Gasteiger partial charge in [0.2, 0.25) is 0 Å². The quantitative estimate of drug-likeness (QED) is 0.614. The first-order chi connectivity index (χ1) is 16.2. The second-order valence-corrected chi connectivity index (χ2v) is 8.55. The Bertz CT molecular complexity index is 1180. The van der Waals surface area contributed by atoms with Gasteiger partial charge in [-0.2, -0.15) is 0 Å². The van der Waals surface area contributed by atoms with Gasteiger partial charge in [-0.3, -0.25) is 14.8 Å². The number of fused-ring (bicyclic) bond motifs is 2. The molecule has 0 aromatic carbocycles. The zero-order valence-corrected chi connectivity index (χ0v) is 18.5. The first-order valence-corrected chi connectivity index (χ1v) is 11.5. The monoisotopic (exact) mass is 453 g/mol. The van der Waals surface area contributed by atoms with Crippen molar-refractivity contribution in [3.63, 3.8) is 0 Å². The largest absolute Gasteiger partial charge is 0.489 e. The van der Waals surface area contributed by atoms with Crippen molar-refractivity contribution in [2.45, 2.75) is 38.4 Å². The standard InChI is InChI=1S/C24H28FN5O3/c25-17-12-21-20(28-14-17)2-3-24(31)30(21)9-8-29-6-4-18(5-7-29)26-15-19-13-22-23(16-27-19)33-11-1-10-32-22/h2-3,12-14,16,18,26H,1,4-11,15H2. The molecule has 8 nitrogen and oxygen atoms in total. The van der Waals surface area contributed by atoms with Crippen molar-refractivity contribution in [1.29, 1.82) is 0 Å². The summed E-state index contributed by atoms with van der Waals surface area (Å²) in [5.41, 5.74) is 1.98. The number of hydrogen-bond donors (Lipinski definition) is 1. The van der Waals surface area contributed by atoms with Gasteiger partial charge in [0.1, 0.15) is 5.82 Å². The van der Waals surface area contributed by atoms with Crippen LogP contribution >= 0.6 is 0 Å². The number of hydrogen-bond acceptors (Lipinski definition) is 7. The Hall–Kier alpha value is -3.04. The maximum absolute atomic E-state index is 13.7. The highest BCUT2D eigenvalue weighted by Gasteiger charge is 2.20. The number of nitrogens with one attached hydrogen (secondary N) is 1. The van der Waals surface area contributed by atoms with Crippen LogP contribution in [-0.2, 0) is 13.1 Å². The third kappa shape index (κ3) is 5.15. The van der Waals surface area contributed by atoms with Gasteiger partial charge in [0.05, 0.1) is 42.3 Å². The van der Waals surface area contributed by atoms with Crippen molar-refractivity contribution in [2.75, 3.05) is 32.8 Å². The van der Waals surface area contributed by atoms with E-state index in [2.05, 4.69) is 20.2 Å². The molecule has 0 atom stereocenters. The molecule has 0 aliphatic carbocycles. The highest BCUT2D eigenvalue weighted by Crippen LogP contribution is 2.29. The van der Waals surface area contributed by atoms with E-state index in [4.69, 9.17) is 9.47 Å². The summed E-state index contributed by atoms with van der Waals surface area (Å²) in [6.07, 6.45) is 5.84. The number of nitrogens with zero attached hydrogens (tertiary/aromatic N) is 4. The van der Waals surface area contributed by atoms with Crippen molar-refractivity contribution in [3.8, 4) is 11.5 Å². The van der Waals surface area contributed by atoms with Crippen LogP contribution in [0.15, 0.2) is 41.5 Å². The maximum atomic E-state index is 13.7. The second kappa shape index (κ2) is 9.84. The van der Waals surface area contributed by atoms with Gasteiger partial charge < -0.3 is 24.3 Å². The number of pyridine rings is 3. The molecule has 0 spiro atoms. The molecule has 2 aliphatic rings. The summed E-state index contributed by atoms with van der Waals surface area (Å²) in [6, 6.07) is 6.90. The van der Waals surface area contributed by atoms with Crippen LogP contribution in [0.2, 0.25) is 0 Å². The minimum Gasteiger partial charge on any atom is -0.489 e. The Morgan fingerprint density at radius 1 is 1.03 bits per heavy atom. The average Bonchev–Trinajstić information content (AvgIpc) is 3.08. The van der Waals surface area contributed by atoms with E-state index in [9.17, 15) is 9.18 Å². The summed E-state index contributed by atoms with van der Waals surface area (Å²) in [4.78, 5) is 23.3. The lowest BCUT2D eigenvalue weighted by atomic mass is 10.0. The van der Waals surface area contributed by atoms with E-state index in [0.717, 1.165) is 50.3 Å². The predicted molar refractivity (Wildman–Crippen MR) is 122 cm³/mol. The Morgan fingerprint density at radius 2 is 1.85 bits per heavy atom. The van der Waals surface area contributed by atoms with Crippen LogP contribution in [-0.4, -0.2) is 58.3 Å². The molecular formula is C24H28FN5O3. The van der Waals surface area contributed by atoms with E-state index in [0.29, 0.717) is 49.1 Å². The first-order valence-electron chi connectivity index (χ1n) is 11.5. The molecular weight excluding hydrogens is 425 g/mol. The smallest absolute Gasteiger partial charge is 0.251 e. The van der Waals surface area contributed by atoms with Crippen molar-refractivity contribution < 1.29 is 13.9 Å². The van der Waals surface area contributed by atoms with Crippen LogP contribution in [0.25, 0.3) is 11.0 Å². The van der Waals surface area contributed by atoms with Crippen molar-refractivity contribution in [1.82, 2.24) is 24.8 Å². The number of piperidine rings is 1. The topological polar surface area (TPSA) is 81.5 Å². The van der Waals surface area contributed by atoms with Crippen LogP contribution < -0.4 is 20.3 Å². The minimum atomic E-state index is -0.434. The predicted octanol–water partition coefficient (Wildman–Crippen LogP) is 2.35. The Kier molecular flexibility index (Phi) is 6.50. The fourth-order valence-corrected chi connectivity index (χ4v) is 4.43. The molecule has 174 valence electrons. The number of aromatic nitrogens is 3. The fraction of sp³-hybridized carbons (Fsp3) is 0.458. The number of rotatable bonds is 6. The molecule has 0 radical (unpaired) electrons. The molecule has 1 saturated heterocycles. The highest BCUT2D eigenvalue weighted by atomic mass is 19.1. The molecule has 1 fully saturated rings. The van der Waals surface area contributed by atoms with E-state index in [1.54, 1.807) is 16.8 Å². The summed E-state index contributed by atoms with van der Waals surface area (Å²) in [6.45, 7) is 5.15. The lowest BCUT2D eigenvalue weighted by Crippen LogP contribution is -2.43. The summed E-state index contributed by atoms with van der Waals surface area (Å²) in [7, 11) is 0. The van der Waals surface area contributed by atoms with Gasteiger partial charge in [0, 0.05) is 50.3 Å². The molecule has 33 heavy (non-hydrogen) atoms. The van der Waals surface area contributed by atoms with Crippen molar-refractivity contribution >= 4 is 11.0 Å². The summed E-state index contributed by atoms with van der Waals surface area (Å²) in [5, 5.41) is 3.60. The van der Waals surface area contributed by atoms with Crippen LogP contribution in [0.1, 0.15) is 25.0 Å². The molecule has 3 aromatic rings. The molecule has 3 aromatic heterocycles.